The van der Waals surface area contributed by atoms with Crippen LogP contribution >= 0.6 is 0 Å². The van der Waals surface area contributed by atoms with Crippen molar-refractivity contribution in [3.63, 3.8) is 0 Å². The zero-order chi connectivity index (χ0) is 39.0. The number of anilines is 4. The zero-order valence-corrected chi connectivity index (χ0v) is 31.6. The van der Waals surface area contributed by atoms with Crippen molar-refractivity contribution in [1.82, 2.24) is 4.98 Å². The number of allylic oxidation sites excluding steroid dienone is 5. The topological polar surface area (TPSA) is 79.3 Å². The van der Waals surface area contributed by atoms with Crippen LogP contribution in [0.15, 0.2) is 187 Å². The van der Waals surface area contributed by atoms with Crippen molar-refractivity contribution in [2.45, 2.75) is 19.0 Å². The Morgan fingerprint density at radius 2 is 1.29 bits per heavy atom. The van der Waals surface area contributed by atoms with Gasteiger partial charge in [0.25, 0.3) is 0 Å². The molecule has 0 N–H and O–H groups in total. The van der Waals surface area contributed by atoms with Gasteiger partial charge in [-0.3, -0.25) is 9.89 Å². The largest absolute Gasteiger partial charge is 0.317 e. The van der Waals surface area contributed by atoms with Gasteiger partial charge in [0.15, 0.2) is 0 Å². The molecule has 2 heterocycles. The van der Waals surface area contributed by atoms with Gasteiger partial charge in [0.1, 0.15) is 18.1 Å². The van der Waals surface area contributed by atoms with Gasteiger partial charge in [-0.15, -0.1) is 0 Å². The van der Waals surface area contributed by atoms with E-state index in [4.69, 9.17) is 9.98 Å². The Labute approximate surface area is 337 Å². The normalized spacial score (nSPS) is 16.2. The molecule has 58 heavy (non-hydrogen) atoms. The van der Waals surface area contributed by atoms with E-state index in [9.17, 15) is 10.5 Å². The molecule has 0 saturated heterocycles. The van der Waals surface area contributed by atoms with Gasteiger partial charge in [0, 0.05) is 35.3 Å². The minimum atomic E-state index is -0.395. The molecule has 2 unspecified atom stereocenters. The van der Waals surface area contributed by atoms with E-state index < -0.39 is 5.92 Å². The molecule has 274 valence electrons. The molecule has 0 spiro atoms. The van der Waals surface area contributed by atoms with Gasteiger partial charge in [0.2, 0.25) is 0 Å². The minimum Gasteiger partial charge on any atom is -0.317 e. The molecule has 2 aliphatic rings. The summed E-state index contributed by atoms with van der Waals surface area (Å²) in [6.07, 6.45) is 13.1. The van der Waals surface area contributed by atoms with E-state index in [1.807, 2.05) is 73.0 Å². The van der Waals surface area contributed by atoms with Crippen LogP contribution in [0.2, 0.25) is 0 Å². The number of aromatic nitrogens is 1. The van der Waals surface area contributed by atoms with Crippen LogP contribution in [-0.4, -0.2) is 17.4 Å². The van der Waals surface area contributed by atoms with Gasteiger partial charge in [-0.05, 0) is 98.8 Å². The average molecular weight is 745 g/mol. The van der Waals surface area contributed by atoms with Crippen LogP contribution in [0.1, 0.15) is 24.0 Å². The molecule has 0 amide bonds. The van der Waals surface area contributed by atoms with Crippen LogP contribution in [0.3, 0.4) is 0 Å². The molecular weight excluding hydrogens is 709 g/mol. The molecule has 10 rings (SSSR count). The van der Waals surface area contributed by atoms with Crippen LogP contribution in [0.5, 0.6) is 0 Å². The Bertz CT molecular complexity index is 3040. The number of nitrogens with zero attached hydrogens (tertiary/aromatic N) is 6. The lowest BCUT2D eigenvalue weighted by molar-refractivity contribution is 0.693. The summed E-state index contributed by atoms with van der Waals surface area (Å²) in [7, 11) is 0. The summed E-state index contributed by atoms with van der Waals surface area (Å²) in [5, 5.41) is 28.0. The van der Waals surface area contributed by atoms with Crippen molar-refractivity contribution >= 4 is 67.0 Å². The van der Waals surface area contributed by atoms with E-state index in [0.717, 1.165) is 83.2 Å². The summed E-state index contributed by atoms with van der Waals surface area (Å²) < 4.78 is 0. The van der Waals surface area contributed by atoms with E-state index in [2.05, 4.69) is 125 Å². The summed E-state index contributed by atoms with van der Waals surface area (Å²) in [6.45, 7) is 0. The van der Waals surface area contributed by atoms with Crippen molar-refractivity contribution in [2.24, 2.45) is 10.9 Å². The lowest BCUT2D eigenvalue weighted by Gasteiger charge is -2.34. The Balaban J connectivity index is 1.17. The number of hydrogen-bond donors (Lipinski definition) is 0. The Morgan fingerprint density at radius 1 is 0.621 bits per heavy atom. The third kappa shape index (κ3) is 5.96. The fraction of sp³-hybridized carbons (Fsp3) is 0.0769. The number of benzene rings is 7. The summed E-state index contributed by atoms with van der Waals surface area (Å²) in [6, 6.07) is 55.2. The predicted octanol–water partition coefficient (Wildman–Crippen LogP) is 12.7. The first-order chi connectivity index (χ1) is 28.7. The summed E-state index contributed by atoms with van der Waals surface area (Å²) >= 11 is 0. The first-order valence-electron chi connectivity index (χ1n) is 19.5. The standard InChI is InChI=1S/C52H36N6/c53-33-41-31-39(35-11-3-1-4-12-35)21-25-45(41)57(49-15-7-9-29-55-49)47-27-19-37-18-24-44-48(28-20-38-17-23-43(47)51(37)52(38)44)58(50-16-8-10-30-56-50)46-26-22-40(32-42(46)34-54)36-13-5-2-6-14-36/h1-15,17-30,32,41,50H,16,31H2. The number of rotatable bonds is 8. The van der Waals surface area contributed by atoms with Gasteiger partial charge < -0.3 is 4.90 Å². The smallest absolute Gasteiger partial charge is 0.137 e. The third-order valence-corrected chi connectivity index (χ3v) is 11.4. The van der Waals surface area contributed by atoms with Crippen LogP contribution in [-0.2, 0) is 0 Å². The first-order valence-corrected chi connectivity index (χ1v) is 19.5. The van der Waals surface area contributed by atoms with E-state index in [-0.39, 0.29) is 6.17 Å². The number of hydrogen-bond acceptors (Lipinski definition) is 6. The summed E-state index contributed by atoms with van der Waals surface area (Å²) in [5.41, 5.74) is 8.53. The second-order valence-corrected chi connectivity index (χ2v) is 14.7. The quantitative estimate of drug-likeness (QED) is 0.145. The number of pyridine rings is 1. The number of aliphatic imine (C=N–C) groups is 1. The number of nitriles is 2. The summed E-state index contributed by atoms with van der Waals surface area (Å²) in [4.78, 5) is 14.2. The molecule has 1 aliphatic heterocycles. The second-order valence-electron chi connectivity index (χ2n) is 14.7. The fourth-order valence-electron chi connectivity index (χ4n) is 8.70. The highest BCUT2D eigenvalue weighted by atomic mass is 15.3. The maximum Gasteiger partial charge on any atom is 0.137 e. The molecular formula is C52H36N6. The monoisotopic (exact) mass is 744 g/mol. The molecule has 8 aromatic rings. The Morgan fingerprint density at radius 3 is 1.97 bits per heavy atom. The maximum atomic E-state index is 10.7. The third-order valence-electron chi connectivity index (χ3n) is 11.4. The molecule has 6 nitrogen and oxygen atoms in total. The van der Waals surface area contributed by atoms with Crippen molar-refractivity contribution in [1.29, 1.82) is 10.5 Å². The molecule has 1 aliphatic carbocycles. The van der Waals surface area contributed by atoms with Gasteiger partial charge in [-0.25, -0.2) is 4.98 Å². The fourth-order valence-corrected chi connectivity index (χ4v) is 8.70. The maximum absolute atomic E-state index is 10.7. The SMILES string of the molecule is N#Cc1cc(-c2ccccc2)ccc1N(c1ccc2ccc3c(N(C4=CC=C(c5ccccc5)CC4C#N)c4ccccn4)ccc4ccc1c2c43)C1CC=CC=N1. The molecule has 0 radical (unpaired) electrons. The molecule has 2 atom stereocenters. The van der Waals surface area contributed by atoms with E-state index >= 15 is 0 Å². The van der Waals surface area contributed by atoms with Crippen LogP contribution < -0.4 is 9.80 Å². The summed E-state index contributed by atoms with van der Waals surface area (Å²) in [5.74, 6) is 0.354. The highest BCUT2D eigenvalue weighted by molar-refractivity contribution is 6.27. The number of dihydropyridines is 1. The van der Waals surface area contributed by atoms with E-state index in [1.54, 1.807) is 6.20 Å². The van der Waals surface area contributed by atoms with Crippen LogP contribution in [0.4, 0.5) is 22.9 Å². The molecule has 1 aromatic heterocycles. The molecule has 6 heteroatoms. The molecule has 0 saturated carbocycles. The van der Waals surface area contributed by atoms with Gasteiger partial charge in [0.05, 0.1) is 34.6 Å². The van der Waals surface area contributed by atoms with Crippen LogP contribution in [0, 0.1) is 28.6 Å². The highest BCUT2D eigenvalue weighted by Gasteiger charge is 2.30. The van der Waals surface area contributed by atoms with E-state index in [0.29, 0.717) is 18.4 Å². The first kappa shape index (κ1) is 34.7. The molecule has 0 fully saturated rings. The van der Waals surface area contributed by atoms with Crippen molar-refractivity contribution < 1.29 is 0 Å². The molecule has 0 bridgehead atoms. The van der Waals surface area contributed by atoms with Gasteiger partial charge >= 0.3 is 0 Å². The Kier molecular flexibility index (Phi) is 8.78. The van der Waals surface area contributed by atoms with Crippen molar-refractivity contribution in [3.05, 3.63) is 193 Å². The zero-order valence-electron chi connectivity index (χ0n) is 31.6. The minimum absolute atomic E-state index is 0.247. The van der Waals surface area contributed by atoms with Gasteiger partial charge in [-0.2, -0.15) is 10.5 Å². The van der Waals surface area contributed by atoms with E-state index in [1.165, 1.54) is 0 Å². The Hall–Kier alpha value is -7.80. The predicted molar refractivity (Wildman–Crippen MR) is 238 cm³/mol. The highest BCUT2D eigenvalue weighted by Crippen LogP contribution is 2.47. The van der Waals surface area contributed by atoms with Crippen LogP contribution in [0.25, 0.3) is 49.0 Å². The molecule has 7 aromatic carbocycles. The lowest BCUT2D eigenvalue weighted by atomic mass is 9.87. The van der Waals surface area contributed by atoms with Gasteiger partial charge in [-0.1, -0.05) is 121 Å². The average Bonchev–Trinajstić information content (AvgIpc) is 3.30. The van der Waals surface area contributed by atoms with Crippen molar-refractivity contribution in [3.8, 4) is 23.3 Å². The van der Waals surface area contributed by atoms with Crippen molar-refractivity contribution in [2.75, 3.05) is 9.80 Å². The second kappa shape index (κ2) is 14.7. The lowest BCUT2D eigenvalue weighted by Crippen LogP contribution is -2.31.